The lowest BCUT2D eigenvalue weighted by Gasteiger charge is -2.03. The van der Waals surface area contributed by atoms with E-state index in [1.54, 1.807) is 16.9 Å². The highest BCUT2D eigenvalue weighted by molar-refractivity contribution is 9.10. The van der Waals surface area contributed by atoms with Crippen LogP contribution in [0.15, 0.2) is 58.0 Å². The summed E-state index contributed by atoms with van der Waals surface area (Å²) in [7, 11) is 3.94. The summed E-state index contributed by atoms with van der Waals surface area (Å²) in [5.74, 6) is 0.510. The number of nitrogen functional groups attached to an aromatic ring is 1. The molecule has 0 unspecified atom stereocenters. The van der Waals surface area contributed by atoms with Gasteiger partial charge in [-0.15, -0.1) is 0 Å². The lowest BCUT2D eigenvalue weighted by molar-refractivity contribution is 0.940. The van der Waals surface area contributed by atoms with Gasteiger partial charge in [0.05, 0.1) is 11.4 Å². The van der Waals surface area contributed by atoms with E-state index < -0.39 is 0 Å². The minimum atomic E-state index is 0.510. The summed E-state index contributed by atoms with van der Waals surface area (Å²) in [4.78, 5) is 13.9. The minimum Gasteiger partial charge on any atom is -0.384 e. The fourth-order valence-electron chi connectivity index (χ4n) is 4.15. The van der Waals surface area contributed by atoms with Crippen molar-refractivity contribution in [3.8, 4) is 22.5 Å². The highest BCUT2D eigenvalue weighted by Gasteiger charge is 2.17. The van der Waals surface area contributed by atoms with Crippen LogP contribution in [-0.2, 0) is 14.1 Å². The van der Waals surface area contributed by atoms with E-state index in [4.69, 9.17) is 15.8 Å². The first-order chi connectivity index (χ1) is 15.4. The first kappa shape index (κ1) is 19.4. The number of anilines is 1. The molecule has 0 spiro atoms. The van der Waals surface area contributed by atoms with Gasteiger partial charge in [0.15, 0.2) is 5.65 Å². The molecule has 6 aromatic rings. The van der Waals surface area contributed by atoms with E-state index in [1.165, 1.54) is 0 Å². The highest BCUT2D eigenvalue weighted by Crippen LogP contribution is 2.34. The molecule has 0 radical (unpaired) electrons. The number of halogens is 2. The van der Waals surface area contributed by atoms with Crippen molar-refractivity contribution in [2.24, 2.45) is 14.1 Å². The number of rotatable bonds is 2. The number of hydrogen-bond donors (Lipinski definition) is 1. The lowest BCUT2D eigenvalue weighted by atomic mass is 10.1. The predicted molar refractivity (Wildman–Crippen MR) is 132 cm³/mol. The zero-order valence-electron chi connectivity index (χ0n) is 17.1. The van der Waals surface area contributed by atoms with Gasteiger partial charge in [-0.3, -0.25) is 0 Å². The second kappa shape index (κ2) is 6.88. The molecule has 0 aliphatic carbocycles. The summed E-state index contributed by atoms with van der Waals surface area (Å²) in [6.45, 7) is 0. The van der Waals surface area contributed by atoms with Gasteiger partial charge in [-0.05, 0) is 44.0 Å². The number of pyridine rings is 2. The Morgan fingerprint density at radius 3 is 1.94 bits per heavy atom. The van der Waals surface area contributed by atoms with Crippen molar-refractivity contribution in [3.63, 3.8) is 0 Å². The second-order valence-corrected chi connectivity index (χ2v) is 9.55. The predicted octanol–water partition coefficient (Wildman–Crippen LogP) is 4.94. The SMILES string of the molecule is Cn1cc(-c2cc(N)n3nc(-c4cn(C)c5ncc(Br)cc45)cc3n2)c2cc(Br)cnc21. The number of fused-ring (bicyclic) bond motifs is 3. The summed E-state index contributed by atoms with van der Waals surface area (Å²) < 4.78 is 7.47. The van der Waals surface area contributed by atoms with Crippen LogP contribution >= 0.6 is 31.9 Å². The maximum atomic E-state index is 6.41. The van der Waals surface area contributed by atoms with Crippen LogP contribution in [0, 0.1) is 0 Å². The molecule has 0 aliphatic rings. The topological polar surface area (TPSA) is 91.8 Å². The van der Waals surface area contributed by atoms with E-state index in [0.29, 0.717) is 11.5 Å². The van der Waals surface area contributed by atoms with Crippen molar-refractivity contribution >= 4 is 65.4 Å². The van der Waals surface area contributed by atoms with Gasteiger partial charge in [0.25, 0.3) is 0 Å². The van der Waals surface area contributed by atoms with Crippen molar-refractivity contribution in [2.45, 2.75) is 0 Å². The molecule has 0 fully saturated rings. The average Bonchev–Trinajstić information content (AvgIpc) is 3.42. The third-order valence-corrected chi connectivity index (χ3v) is 6.43. The van der Waals surface area contributed by atoms with Gasteiger partial charge in [0.2, 0.25) is 0 Å². The van der Waals surface area contributed by atoms with E-state index in [1.807, 2.05) is 59.9 Å². The van der Waals surface area contributed by atoms with E-state index in [2.05, 4.69) is 41.8 Å². The van der Waals surface area contributed by atoms with Crippen LogP contribution in [0.3, 0.4) is 0 Å². The van der Waals surface area contributed by atoms with E-state index in [0.717, 1.165) is 53.5 Å². The Kier molecular flexibility index (Phi) is 4.18. The smallest absolute Gasteiger partial charge is 0.158 e. The molecule has 158 valence electrons. The van der Waals surface area contributed by atoms with Crippen molar-refractivity contribution in [2.75, 3.05) is 5.73 Å². The summed E-state index contributed by atoms with van der Waals surface area (Å²) in [6.07, 6.45) is 7.63. The first-order valence-corrected chi connectivity index (χ1v) is 11.4. The molecule has 0 bridgehead atoms. The van der Waals surface area contributed by atoms with Crippen molar-refractivity contribution in [3.05, 3.63) is 58.0 Å². The zero-order valence-corrected chi connectivity index (χ0v) is 20.3. The number of nitrogens with zero attached hydrogens (tertiary/aromatic N) is 7. The molecular formula is C22H16Br2N8. The Morgan fingerprint density at radius 1 is 0.781 bits per heavy atom. The summed E-state index contributed by atoms with van der Waals surface area (Å²) >= 11 is 7.03. The Labute approximate surface area is 199 Å². The van der Waals surface area contributed by atoms with Crippen molar-refractivity contribution in [1.82, 2.24) is 33.7 Å². The zero-order chi connectivity index (χ0) is 22.1. The fourth-order valence-corrected chi connectivity index (χ4v) is 4.81. The van der Waals surface area contributed by atoms with Crippen molar-refractivity contribution < 1.29 is 0 Å². The third kappa shape index (κ3) is 2.86. The van der Waals surface area contributed by atoms with Crippen LogP contribution in [-0.4, -0.2) is 33.7 Å². The van der Waals surface area contributed by atoms with Gasteiger partial charge in [0, 0.05) is 81.9 Å². The second-order valence-electron chi connectivity index (χ2n) is 7.72. The quantitative estimate of drug-likeness (QED) is 0.329. The summed E-state index contributed by atoms with van der Waals surface area (Å²) in [5, 5.41) is 6.75. The molecule has 32 heavy (non-hydrogen) atoms. The monoisotopic (exact) mass is 550 g/mol. The fraction of sp³-hybridized carbons (Fsp3) is 0.0909. The van der Waals surface area contributed by atoms with Crippen LogP contribution in [0.5, 0.6) is 0 Å². The molecule has 6 rings (SSSR count). The number of hydrogen-bond acceptors (Lipinski definition) is 5. The molecule has 6 heterocycles. The van der Waals surface area contributed by atoms with Gasteiger partial charge >= 0.3 is 0 Å². The molecule has 0 atom stereocenters. The molecule has 0 aliphatic heterocycles. The summed E-state index contributed by atoms with van der Waals surface area (Å²) in [5.41, 5.74) is 12.4. The number of aryl methyl sites for hydroxylation is 2. The molecule has 10 heteroatoms. The van der Waals surface area contributed by atoms with Crippen LogP contribution in [0.2, 0.25) is 0 Å². The maximum Gasteiger partial charge on any atom is 0.158 e. The van der Waals surface area contributed by atoms with Gasteiger partial charge in [-0.1, -0.05) is 0 Å². The van der Waals surface area contributed by atoms with E-state index >= 15 is 0 Å². The van der Waals surface area contributed by atoms with Crippen LogP contribution < -0.4 is 5.73 Å². The molecular weight excluding hydrogens is 536 g/mol. The Morgan fingerprint density at radius 2 is 1.34 bits per heavy atom. The Hall–Kier alpha value is -3.24. The first-order valence-electron chi connectivity index (χ1n) is 9.77. The van der Waals surface area contributed by atoms with Gasteiger partial charge in [-0.2, -0.15) is 9.61 Å². The highest BCUT2D eigenvalue weighted by atomic mass is 79.9. The molecule has 0 aromatic carbocycles. The Bertz CT molecular complexity index is 1690. The van der Waals surface area contributed by atoms with Crippen LogP contribution in [0.1, 0.15) is 0 Å². The molecule has 0 saturated heterocycles. The molecule has 0 amide bonds. The van der Waals surface area contributed by atoms with Crippen LogP contribution in [0.4, 0.5) is 5.82 Å². The minimum absolute atomic E-state index is 0.510. The summed E-state index contributed by atoms with van der Waals surface area (Å²) in [6, 6.07) is 7.89. The molecule has 2 N–H and O–H groups in total. The van der Waals surface area contributed by atoms with Crippen LogP contribution in [0.25, 0.3) is 50.2 Å². The van der Waals surface area contributed by atoms with Gasteiger partial charge in [-0.25, -0.2) is 15.0 Å². The largest absolute Gasteiger partial charge is 0.384 e. The standard InChI is InChI=1S/C22H16Br2N8/c1-30-9-15(13-3-11(23)7-26-21(13)30)17-5-19(25)32-20(28-17)6-18(29-32)16-10-31(2)22-14(16)4-12(24)8-27-22/h3-10H,25H2,1-2H3. The lowest BCUT2D eigenvalue weighted by Crippen LogP contribution is -2.01. The number of nitrogens with two attached hydrogens (primary N) is 1. The van der Waals surface area contributed by atoms with Crippen molar-refractivity contribution in [1.29, 1.82) is 0 Å². The Balaban J connectivity index is 1.56. The maximum absolute atomic E-state index is 6.41. The normalized spacial score (nSPS) is 11.9. The average molecular weight is 552 g/mol. The molecule has 0 saturated carbocycles. The molecule has 6 aromatic heterocycles. The third-order valence-electron chi connectivity index (χ3n) is 5.57. The van der Waals surface area contributed by atoms with Gasteiger partial charge in [0.1, 0.15) is 17.1 Å². The molecule has 8 nitrogen and oxygen atoms in total. The van der Waals surface area contributed by atoms with E-state index in [-0.39, 0.29) is 0 Å². The van der Waals surface area contributed by atoms with E-state index in [9.17, 15) is 0 Å². The number of aromatic nitrogens is 7. The van der Waals surface area contributed by atoms with Gasteiger partial charge < -0.3 is 14.9 Å².